The number of aryl methyl sites for hydroxylation is 1. The Kier molecular flexibility index (Phi) is 1.83. The van der Waals surface area contributed by atoms with Crippen molar-refractivity contribution in [2.45, 2.75) is 6.92 Å². The Labute approximate surface area is 75.6 Å². The first-order chi connectivity index (χ1) is 6.16. The van der Waals surface area contributed by atoms with Crippen LogP contribution in [0.15, 0.2) is 24.5 Å². The zero-order chi connectivity index (χ0) is 9.42. The Bertz CT molecular complexity index is 439. The Balaban J connectivity index is 2.61. The van der Waals surface area contributed by atoms with Crippen LogP contribution in [0.3, 0.4) is 0 Å². The van der Waals surface area contributed by atoms with Gasteiger partial charge in [-0.25, -0.2) is 4.98 Å². The van der Waals surface area contributed by atoms with E-state index in [4.69, 9.17) is 10.0 Å². The average molecular weight is 176 g/mol. The van der Waals surface area contributed by atoms with E-state index in [-0.39, 0.29) is 0 Å². The number of aromatic nitrogens is 2. The van der Waals surface area contributed by atoms with E-state index in [9.17, 15) is 0 Å². The van der Waals surface area contributed by atoms with Gasteiger partial charge in [-0.05, 0) is 24.5 Å². The van der Waals surface area contributed by atoms with Crippen LogP contribution in [0, 0.1) is 6.92 Å². The average Bonchev–Trinajstić information content (AvgIpc) is 2.42. The molecule has 0 aromatic carbocycles. The van der Waals surface area contributed by atoms with Crippen molar-refractivity contribution in [3.63, 3.8) is 0 Å². The smallest absolute Gasteiger partial charge is 0.423 e. The maximum absolute atomic E-state index is 8.91. The Morgan fingerprint density at radius 2 is 2.23 bits per heavy atom. The molecule has 2 heterocycles. The van der Waals surface area contributed by atoms with E-state index >= 15 is 0 Å². The molecule has 2 aromatic heterocycles. The molecule has 0 unspecified atom stereocenters. The predicted molar refractivity (Wildman–Crippen MR) is 49.8 cm³/mol. The van der Waals surface area contributed by atoms with Gasteiger partial charge in [0.25, 0.3) is 0 Å². The van der Waals surface area contributed by atoms with Gasteiger partial charge < -0.3 is 14.4 Å². The number of imidazole rings is 1. The van der Waals surface area contributed by atoms with Crippen LogP contribution < -0.4 is 5.46 Å². The molecular formula is C8H9BN2O2. The number of hydrogen-bond acceptors (Lipinski definition) is 3. The fourth-order valence-electron chi connectivity index (χ4n) is 1.29. The number of nitrogens with zero attached hydrogens (tertiary/aromatic N) is 2. The summed E-state index contributed by atoms with van der Waals surface area (Å²) in [6, 6.07) is 3.30. The van der Waals surface area contributed by atoms with Gasteiger partial charge in [-0.2, -0.15) is 0 Å². The molecule has 2 N–H and O–H groups in total. The zero-order valence-corrected chi connectivity index (χ0v) is 7.18. The SMILES string of the molecule is Cc1cn2ccc(B(O)O)cc2n1. The minimum Gasteiger partial charge on any atom is -0.423 e. The summed E-state index contributed by atoms with van der Waals surface area (Å²) in [5.41, 5.74) is 2.09. The lowest BCUT2D eigenvalue weighted by Gasteiger charge is -1.98. The van der Waals surface area contributed by atoms with Crippen LogP contribution in [0.1, 0.15) is 5.69 Å². The molecule has 0 atom stereocenters. The summed E-state index contributed by atoms with van der Waals surface area (Å²) >= 11 is 0. The second-order valence-corrected chi connectivity index (χ2v) is 2.98. The molecule has 0 aliphatic heterocycles. The summed E-state index contributed by atoms with van der Waals surface area (Å²) < 4.78 is 1.83. The van der Waals surface area contributed by atoms with Crippen LogP contribution in [0.5, 0.6) is 0 Å². The lowest BCUT2D eigenvalue weighted by atomic mass is 9.81. The third kappa shape index (κ3) is 1.43. The largest absolute Gasteiger partial charge is 0.488 e. The summed E-state index contributed by atoms with van der Waals surface area (Å²) in [7, 11) is -1.43. The molecule has 0 radical (unpaired) electrons. The van der Waals surface area contributed by atoms with Crippen molar-refractivity contribution in [1.82, 2.24) is 9.38 Å². The first-order valence-corrected chi connectivity index (χ1v) is 3.98. The lowest BCUT2D eigenvalue weighted by Crippen LogP contribution is -2.29. The summed E-state index contributed by atoms with van der Waals surface area (Å²) in [5.74, 6) is 0. The zero-order valence-electron chi connectivity index (χ0n) is 7.18. The first-order valence-electron chi connectivity index (χ1n) is 3.98. The molecule has 4 nitrogen and oxygen atoms in total. The molecule has 0 fully saturated rings. The molecule has 5 heteroatoms. The van der Waals surface area contributed by atoms with Crippen molar-refractivity contribution in [2.24, 2.45) is 0 Å². The predicted octanol–water partition coefficient (Wildman–Crippen LogP) is -0.677. The van der Waals surface area contributed by atoms with Crippen molar-refractivity contribution < 1.29 is 10.0 Å². The van der Waals surface area contributed by atoms with E-state index in [0.717, 1.165) is 11.3 Å². The maximum atomic E-state index is 8.91. The fraction of sp³-hybridized carbons (Fsp3) is 0.125. The fourth-order valence-corrected chi connectivity index (χ4v) is 1.29. The van der Waals surface area contributed by atoms with Crippen molar-refractivity contribution in [3.8, 4) is 0 Å². The van der Waals surface area contributed by atoms with E-state index < -0.39 is 7.12 Å². The Hall–Kier alpha value is -1.33. The third-order valence-corrected chi connectivity index (χ3v) is 1.90. The van der Waals surface area contributed by atoms with Crippen molar-refractivity contribution in [2.75, 3.05) is 0 Å². The summed E-state index contributed by atoms with van der Waals surface area (Å²) in [5, 5.41) is 17.8. The van der Waals surface area contributed by atoms with Gasteiger partial charge in [0.15, 0.2) is 0 Å². The molecule has 0 bridgehead atoms. The van der Waals surface area contributed by atoms with Crippen molar-refractivity contribution in [1.29, 1.82) is 0 Å². The summed E-state index contributed by atoms with van der Waals surface area (Å²) in [6.07, 6.45) is 3.63. The minimum absolute atomic E-state index is 0.457. The standard InChI is InChI=1S/C8H9BN2O2/c1-6-5-11-3-2-7(9(12)13)4-8(11)10-6/h2-5,12-13H,1H3. The monoisotopic (exact) mass is 176 g/mol. The molecule has 0 saturated heterocycles. The molecule has 0 aliphatic carbocycles. The quantitative estimate of drug-likeness (QED) is 0.566. The van der Waals surface area contributed by atoms with Gasteiger partial charge in [0, 0.05) is 12.4 Å². The van der Waals surface area contributed by atoms with Crippen molar-refractivity contribution in [3.05, 3.63) is 30.2 Å². The second kappa shape index (κ2) is 2.87. The van der Waals surface area contributed by atoms with Gasteiger partial charge in [0.1, 0.15) is 5.65 Å². The van der Waals surface area contributed by atoms with Crippen LogP contribution in [0.2, 0.25) is 0 Å². The van der Waals surface area contributed by atoms with E-state index in [1.54, 1.807) is 18.3 Å². The van der Waals surface area contributed by atoms with Gasteiger partial charge in [0.2, 0.25) is 0 Å². The van der Waals surface area contributed by atoms with Crippen molar-refractivity contribution >= 4 is 18.2 Å². The van der Waals surface area contributed by atoms with E-state index in [1.165, 1.54) is 0 Å². The highest BCUT2D eigenvalue weighted by atomic mass is 16.4. The van der Waals surface area contributed by atoms with Crippen LogP contribution in [-0.2, 0) is 0 Å². The molecular weight excluding hydrogens is 167 g/mol. The highest BCUT2D eigenvalue weighted by Crippen LogP contribution is 2.01. The first kappa shape index (κ1) is 8.28. The number of rotatable bonds is 1. The summed E-state index contributed by atoms with van der Waals surface area (Å²) in [6.45, 7) is 1.89. The number of hydrogen-bond donors (Lipinski definition) is 2. The highest BCUT2D eigenvalue weighted by molar-refractivity contribution is 6.58. The minimum atomic E-state index is -1.43. The molecule has 66 valence electrons. The molecule has 0 amide bonds. The lowest BCUT2D eigenvalue weighted by molar-refractivity contribution is 0.426. The maximum Gasteiger partial charge on any atom is 0.488 e. The molecule has 0 spiro atoms. The number of fused-ring (bicyclic) bond motifs is 1. The molecule has 0 saturated carbocycles. The van der Waals surface area contributed by atoms with Crippen LogP contribution in [0.4, 0.5) is 0 Å². The normalized spacial score (nSPS) is 10.7. The molecule has 2 rings (SSSR count). The molecule has 0 aliphatic rings. The van der Waals surface area contributed by atoms with Gasteiger partial charge in [-0.3, -0.25) is 0 Å². The van der Waals surface area contributed by atoms with Gasteiger partial charge in [-0.15, -0.1) is 0 Å². The highest BCUT2D eigenvalue weighted by Gasteiger charge is 2.11. The van der Waals surface area contributed by atoms with Gasteiger partial charge in [-0.1, -0.05) is 0 Å². The van der Waals surface area contributed by atoms with Crippen LogP contribution in [0.25, 0.3) is 5.65 Å². The molecule has 2 aromatic rings. The summed E-state index contributed by atoms with van der Waals surface area (Å²) in [4.78, 5) is 4.20. The molecule has 13 heavy (non-hydrogen) atoms. The van der Waals surface area contributed by atoms with E-state index in [2.05, 4.69) is 4.98 Å². The second-order valence-electron chi connectivity index (χ2n) is 2.98. The topological polar surface area (TPSA) is 57.8 Å². The van der Waals surface area contributed by atoms with Gasteiger partial charge >= 0.3 is 7.12 Å². The van der Waals surface area contributed by atoms with Gasteiger partial charge in [0.05, 0.1) is 5.69 Å². The number of pyridine rings is 1. The van der Waals surface area contributed by atoms with Crippen LogP contribution in [-0.4, -0.2) is 26.6 Å². The van der Waals surface area contributed by atoms with E-state index in [1.807, 2.05) is 17.5 Å². The van der Waals surface area contributed by atoms with E-state index in [0.29, 0.717) is 5.46 Å². The Morgan fingerprint density at radius 1 is 1.46 bits per heavy atom. The Morgan fingerprint density at radius 3 is 2.92 bits per heavy atom. The van der Waals surface area contributed by atoms with Crippen LogP contribution >= 0.6 is 0 Å². The third-order valence-electron chi connectivity index (χ3n) is 1.90.